The van der Waals surface area contributed by atoms with Gasteiger partial charge in [0.2, 0.25) is 0 Å². The Kier molecular flexibility index (Phi) is 8.78. The number of thiophene rings is 2. The van der Waals surface area contributed by atoms with Gasteiger partial charge in [-0.2, -0.15) is 17.4 Å². The summed E-state index contributed by atoms with van der Waals surface area (Å²) in [5, 5.41) is 4.85. The molecule has 1 aliphatic heterocycles. The van der Waals surface area contributed by atoms with Crippen molar-refractivity contribution in [1.29, 1.82) is 0 Å². The van der Waals surface area contributed by atoms with Gasteiger partial charge in [-0.15, -0.1) is 53.5 Å². The summed E-state index contributed by atoms with van der Waals surface area (Å²) < 4.78 is 13.8. The first-order valence-electron chi connectivity index (χ1n) is 18.6. The molecule has 5 nitrogen and oxygen atoms in total. The zero-order chi connectivity index (χ0) is 37.5. The van der Waals surface area contributed by atoms with Crippen LogP contribution in [0.5, 0.6) is 11.5 Å². The van der Waals surface area contributed by atoms with Crippen LogP contribution in [0.2, 0.25) is 0 Å². The van der Waals surface area contributed by atoms with E-state index in [1.165, 1.54) is 52.6 Å². The second-order valence-electron chi connectivity index (χ2n) is 14.3. The summed E-state index contributed by atoms with van der Waals surface area (Å²) in [5.41, 5.74) is 9.93. The summed E-state index contributed by atoms with van der Waals surface area (Å²) in [4.78, 5) is 9.39. The van der Waals surface area contributed by atoms with Crippen molar-refractivity contribution >= 4 is 85.8 Å². The average molecular weight is 953 g/mol. The summed E-state index contributed by atoms with van der Waals surface area (Å²) in [7, 11) is 0. The minimum atomic E-state index is 0. The zero-order valence-corrected chi connectivity index (χ0v) is 35.1. The van der Waals surface area contributed by atoms with Crippen molar-refractivity contribution in [1.82, 2.24) is 9.55 Å². The molecule has 3 aromatic heterocycles. The van der Waals surface area contributed by atoms with Crippen LogP contribution in [0.3, 0.4) is 0 Å². The maximum absolute atomic E-state index is 6.86. The molecule has 0 spiro atoms. The number of aryl methyl sites for hydroxylation is 3. The maximum atomic E-state index is 6.86. The molecule has 1 aliphatic rings. The number of benzene rings is 7. The van der Waals surface area contributed by atoms with Crippen LogP contribution in [0.1, 0.15) is 16.7 Å². The number of nitrogens with zero attached hydrogens (tertiary/aromatic N) is 4. The molecule has 0 saturated carbocycles. The zero-order valence-electron chi connectivity index (χ0n) is 31.2. The van der Waals surface area contributed by atoms with Crippen molar-refractivity contribution in [2.24, 2.45) is 0 Å². The number of ether oxygens (including phenoxy) is 1. The molecule has 0 saturated heterocycles. The molecule has 0 amide bonds. The van der Waals surface area contributed by atoms with Gasteiger partial charge < -0.3 is 19.1 Å². The molecule has 0 atom stereocenters. The monoisotopic (exact) mass is 952 g/mol. The van der Waals surface area contributed by atoms with E-state index in [9.17, 15) is 0 Å². The Hall–Kier alpha value is -5.72. The van der Waals surface area contributed by atoms with Gasteiger partial charge in [0.1, 0.15) is 0 Å². The van der Waals surface area contributed by atoms with Gasteiger partial charge >= 0.3 is 0 Å². The molecule has 8 heteroatoms. The molecule has 280 valence electrons. The smallest absolute Gasteiger partial charge is 0.0604 e. The molecule has 4 heterocycles. The molecule has 7 aromatic carbocycles. The summed E-state index contributed by atoms with van der Waals surface area (Å²) in [5.74, 6) is 2.07. The van der Waals surface area contributed by atoms with Crippen LogP contribution in [0.25, 0.3) is 57.4 Å². The number of hydrogen-bond donors (Lipinski definition) is 0. The van der Waals surface area contributed by atoms with E-state index in [0.717, 1.165) is 44.2 Å². The first kappa shape index (κ1) is 35.7. The summed E-state index contributed by atoms with van der Waals surface area (Å²) >= 11 is 3.54. The fourth-order valence-electron chi connectivity index (χ4n) is 8.28. The SMILES string of the molecule is Cc1cc(C)c(N2[CH-]N(c3[c-]c(Oc4[c-]c(-c5nccn5-c5ccc6c(c5)sc5ccccc56)cc5c4sc4ccccc45)ccc3)c3ccccc32)c(C)c1.[Pt]. The third kappa shape index (κ3) is 5.96. The van der Waals surface area contributed by atoms with Crippen LogP contribution < -0.4 is 14.5 Å². The normalized spacial score (nSPS) is 12.5. The molecule has 0 bridgehead atoms. The third-order valence-electron chi connectivity index (χ3n) is 10.6. The van der Waals surface area contributed by atoms with Gasteiger partial charge in [0.05, 0.1) is 11.6 Å². The Balaban J connectivity index is 0.00000396. The Morgan fingerprint density at radius 3 is 2.11 bits per heavy atom. The number of para-hydroxylation sites is 2. The molecule has 10 aromatic rings. The third-order valence-corrected chi connectivity index (χ3v) is 13.0. The van der Waals surface area contributed by atoms with Gasteiger partial charge in [-0.1, -0.05) is 83.7 Å². The first-order chi connectivity index (χ1) is 27.5. The fourth-order valence-corrected chi connectivity index (χ4v) is 10.5. The van der Waals surface area contributed by atoms with E-state index >= 15 is 0 Å². The minimum absolute atomic E-state index is 0. The minimum Gasteiger partial charge on any atom is -0.501 e. The van der Waals surface area contributed by atoms with E-state index in [2.05, 4.69) is 169 Å². The van der Waals surface area contributed by atoms with Crippen molar-refractivity contribution < 1.29 is 25.8 Å². The Bertz CT molecular complexity index is 3160. The van der Waals surface area contributed by atoms with Crippen LogP contribution >= 0.6 is 22.7 Å². The topological polar surface area (TPSA) is 33.5 Å². The molecule has 0 N–H and O–H groups in total. The van der Waals surface area contributed by atoms with Crippen molar-refractivity contribution in [3.8, 4) is 28.6 Å². The van der Waals surface area contributed by atoms with E-state index < -0.39 is 0 Å². The Morgan fingerprint density at radius 2 is 1.32 bits per heavy atom. The fraction of sp³-hybridized carbons (Fsp3) is 0.0612. The number of anilines is 4. The van der Waals surface area contributed by atoms with Gasteiger partial charge in [0.15, 0.2) is 0 Å². The van der Waals surface area contributed by atoms with Crippen LogP contribution in [-0.2, 0) is 21.1 Å². The predicted molar refractivity (Wildman–Crippen MR) is 235 cm³/mol. The van der Waals surface area contributed by atoms with Gasteiger partial charge in [-0.25, -0.2) is 0 Å². The molecule has 11 rings (SSSR count). The van der Waals surface area contributed by atoms with Crippen LogP contribution in [0.15, 0.2) is 140 Å². The molecule has 0 radical (unpaired) electrons. The molecule has 0 unspecified atom stereocenters. The number of fused-ring (bicyclic) bond motifs is 7. The number of imidazole rings is 1. The van der Waals surface area contributed by atoms with E-state index in [1.807, 2.05) is 35.9 Å². The van der Waals surface area contributed by atoms with Gasteiger partial charge in [0, 0.05) is 86.8 Å². The van der Waals surface area contributed by atoms with Gasteiger partial charge in [-0.05, 0) is 78.4 Å². The Labute approximate surface area is 353 Å². The van der Waals surface area contributed by atoms with E-state index in [-0.39, 0.29) is 21.1 Å². The van der Waals surface area contributed by atoms with Crippen molar-refractivity contribution in [3.05, 3.63) is 175 Å². The molecule has 0 aliphatic carbocycles. The second-order valence-corrected chi connectivity index (χ2v) is 16.5. The number of hydrogen-bond acceptors (Lipinski definition) is 6. The number of aromatic nitrogens is 2. The quantitative estimate of drug-likeness (QED) is 0.156. The van der Waals surface area contributed by atoms with Gasteiger partial charge in [0.25, 0.3) is 0 Å². The second kappa shape index (κ2) is 14.0. The van der Waals surface area contributed by atoms with Crippen molar-refractivity contribution in [3.63, 3.8) is 0 Å². The molecule has 57 heavy (non-hydrogen) atoms. The summed E-state index contributed by atoms with van der Waals surface area (Å²) in [6, 6.07) is 52.4. The Morgan fingerprint density at radius 1 is 0.632 bits per heavy atom. The predicted octanol–water partition coefficient (Wildman–Crippen LogP) is 14.0. The molecule has 0 fully saturated rings. The molecular weight excluding hydrogens is 920 g/mol. The average Bonchev–Trinajstić information content (AvgIpc) is 4.01. The van der Waals surface area contributed by atoms with Crippen LogP contribution in [-0.4, -0.2) is 9.55 Å². The maximum Gasteiger partial charge on any atom is 0.0604 e. The van der Waals surface area contributed by atoms with Crippen molar-refractivity contribution in [2.75, 3.05) is 9.80 Å². The summed E-state index contributed by atoms with van der Waals surface area (Å²) in [6.07, 6.45) is 3.89. The largest absolute Gasteiger partial charge is 0.501 e. The van der Waals surface area contributed by atoms with Gasteiger partial charge in [-0.3, -0.25) is 4.98 Å². The first-order valence-corrected chi connectivity index (χ1v) is 20.2. The van der Waals surface area contributed by atoms with Crippen LogP contribution in [0.4, 0.5) is 22.7 Å². The van der Waals surface area contributed by atoms with E-state index in [4.69, 9.17) is 9.72 Å². The number of rotatable bonds is 6. The van der Waals surface area contributed by atoms with Crippen molar-refractivity contribution in [2.45, 2.75) is 20.8 Å². The molecular formula is C49H33N4OPtS2-3. The standard InChI is InChI=1S/C49H33N4OS2.Pt/c1-30-23-31(2)47(32(3)24-30)53-29-52(41-15-6-7-16-42(41)53)34-11-10-12-36(27-34)54-43-26-33(25-40-38-14-5-9-18-45(38)56-48(40)43)49-50-21-22-51(49)35-19-20-39-37-13-4-8-17-44(37)55-46(39)28-35;/h4-25,28-29H,1-3H3;/q-3;. The summed E-state index contributed by atoms with van der Waals surface area (Å²) in [6.45, 7) is 8.69. The van der Waals surface area contributed by atoms with Crippen LogP contribution in [0, 0.1) is 39.6 Å². The van der Waals surface area contributed by atoms with E-state index in [1.54, 1.807) is 11.3 Å². The van der Waals surface area contributed by atoms with E-state index in [0.29, 0.717) is 11.5 Å².